The molecule has 37 heavy (non-hydrogen) atoms. The molecule has 1 amide bonds. The maximum absolute atomic E-state index is 12.7. The summed E-state index contributed by atoms with van der Waals surface area (Å²) in [6.07, 6.45) is 0. The number of carbonyl (C=O) groups is 1. The van der Waals surface area contributed by atoms with Crippen LogP contribution in [0.3, 0.4) is 0 Å². The van der Waals surface area contributed by atoms with Gasteiger partial charge in [0, 0.05) is 24.2 Å². The summed E-state index contributed by atoms with van der Waals surface area (Å²) in [6.45, 7) is 16.6. The van der Waals surface area contributed by atoms with Gasteiger partial charge in [0.1, 0.15) is 0 Å². The van der Waals surface area contributed by atoms with Crippen molar-refractivity contribution in [1.82, 2.24) is 5.32 Å². The third kappa shape index (κ3) is 4.26. The molecule has 5 rings (SSSR count). The molecule has 0 saturated carbocycles. The number of fused-ring (bicyclic) bond motifs is 2. The molecule has 2 aliphatic heterocycles. The molecule has 1 aliphatic carbocycles. The van der Waals surface area contributed by atoms with Crippen LogP contribution in [-0.2, 0) is 18.6 Å². The maximum atomic E-state index is 12.7. The van der Waals surface area contributed by atoms with Crippen molar-refractivity contribution in [3.8, 4) is 0 Å². The van der Waals surface area contributed by atoms with Gasteiger partial charge in [0.25, 0.3) is 5.91 Å². The molecule has 198 valence electrons. The highest BCUT2D eigenvalue weighted by Crippen LogP contribution is 2.52. The van der Waals surface area contributed by atoms with Gasteiger partial charge in [-0.1, -0.05) is 37.8 Å². The van der Waals surface area contributed by atoms with Gasteiger partial charge in [0.2, 0.25) is 0 Å². The third-order valence-corrected chi connectivity index (χ3v) is 9.00. The lowest BCUT2D eigenvalue weighted by Crippen LogP contribution is -2.41. The molecule has 2 atom stereocenters. The van der Waals surface area contributed by atoms with Gasteiger partial charge in [-0.05, 0) is 89.8 Å². The predicted molar refractivity (Wildman–Crippen MR) is 149 cm³/mol. The van der Waals surface area contributed by atoms with Crippen molar-refractivity contribution in [2.45, 2.75) is 96.9 Å². The number of carbonyl (C=O) groups excluding carboxylic acids is 1. The molecule has 2 aromatic carbocycles. The van der Waals surface area contributed by atoms with E-state index in [2.05, 4.69) is 78.9 Å². The van der Waals surface area contributed by atoms with Gasteiger partial charge in [-0.3, -0.25) is 4.79 Å². The summed E-state index contributed by atoms with van der Waals surface area (Å²) in [5, 5.41) is 2.75. The van der Waals surface area contributed by atoms with Crippen LogP contribution >= 0.6 is 0 Å². The summed E-state index contributed by atoms with van der Waals surface area (Å²) in [4.78, 5) is 12.7. The zero-order valence-corrected chi connectivity index (χ0v) is 22.9. The topological polar surface area (TPSA) is 66.0 Å². The summed E-state index contributed by atoms with van der Waals surface area (Å²) in [7, 11) is 0.671. The fourth-order valence-electron chi connectivity index (χ4n) is 5.46. The van der Waals surface area contributed by atoms with E-state index in [-0.39, 0.29) is 25.0 Å². The first-order valence-electron chi connectivity index (χ1n) is 12.9. The molecular weight excluding hydrogens is 464 g/mol. The van der Waals surface area contributed by atoms with Gasteiger partial charge < -0.3 is 23.9 Å². The lowest BCUT2D eigenvalue weighted by Gasteiger charge is -2.36. The highest BCUT2D eigenvalue weighted by Gasteiger charge is 2.59. The first-order valence-corrected chi connectivity index (χ1v) is 12.9. The van der Waals surface area contributed by atoms with Crippen molar-refractivity contribution in [2.75, 3.05) is 7.05 Å². The van der Waals surface area contributed by atoms with Crippen molar-refractivity contribution in [1.29, 1.82) is 0 Å². The van der Waals surface area contributed by atoms with E-state index in [0.717, 1.165) is 22.3 Å². The maximum Gasteiger partial charge on any atom is 0.470 e. The quantitative estimate of drug-likeness (QED) is 0.557. The normalized spacial score (nSPS) is 26.2. The van der Waals surface area contributed by atoms with Crippen LogP contribution in [0.4, 0.5) is 0 Å². The van der Waals surface area contributed by atoms with Crippen LogP contribution in [-0.4, -0.2) is 49.6 Å². The second-order valence-electron chi connectivity index (χ2n) is 12.3. The smallest absolute Gasteiger partial charge is 0.403 e. The monoisotopic (exact) mass is 505 g/mol. The Kier molecular flexibility index (Phi) is 6.77. The number of amides is 1. The highest BCUT2D eigenvalue weighted by molar-refractivity contribution is 6.51. The molecular formula is C29H41B2NO5. The number of rotatable bonds is 3. The SMILES string of the molecule is C.CNC(=O)c1ccc2c(c1)C(B1OC(C)(C)C(C)(C)O1)c1ccccc1C2B1OC(C)(C)C(C)(C)O1. The first kappa shape index (κ1) is 27.9. The molecule has 8 heteroatoms. The van der Waals surface area contributed by atoms with Crippen molar-refractivity contribution >= 4 is 20.1 Å². The van der Waals surface area contributed by atoms with Crippen LogP contribution in [0.15, 0.2) is 42.5 Å². The summed E-state index contributed by atoms with van der Waals surface area (Å²) in [5.74, 6) is -0.494. The van der Waals surface area contributed by atoms with Crippen LogP contribution in [0.2, 0.25) is 0 Å². The molecule has 2 aromatic rings. The van der Waals surface area contributed by atoms with Crippen LogP contribution in [0, 0.1) is 0 Å². The van der Waals surface area contributed by atoms with Gasteiger partial charge in [-0.15, -0.1) is 0 Å². The standard InChI is InChI=1S/C28H37B2NO5.CH4/c1-25(2)26(3,4)34-29(33-25)22-18-12-10-11-13-19(18)23(30-35-27(5,6)28(7,8)36-30)21-16-17(24(32)31-9)14-15-20(21)22;/h10-16,22-23H,1-9H3,(H,31,32);1H4. The number of hydrogen-bond donors (Lipinski definition) is 1. The Morgan fingerprint density at radius 2 is 1.05 bits per heavy atom. The van der Waals surface area contributed by atoms with Crippen LogP contribution in [0.1, 0.15) is 107 Å². The van der Waals surface area contributed by atoms with E-state index in [9.17, 15) is 4.79 Å². The van der Waals surface area contributed by atoms with Crippen LogP contribution in [0.25, 0.3) is 0 Å². The third-order valence-electron chi connectivity index (χ3n) is 9.00. The molecule has 6 nitrogen and oxygen atoms in total. The fraction of sp³-hybridized carbons (Fsp3) is 0.552. The first-order chi connectivity index (χ1) is 16.7. The average Bonchev–Trinajstić information content (AvgIpc) is 3.14. The zero-order chi connectivity index (χ0) is 26.3. The molecule has 0 bridgehead atoms. The van der Waals surface area contributed by atoms with Crippen molar-refractivity contribution < 1.29 is 23.4 Å². The molecule has 0 radical (unpaired) electrons. The van der Waals surface area contributed by atoms with Crippen molar-refractivity contribution in [3.05, 3.63) is 70.3 Å². The Balaban J connectivity index is 0.00000320. The minimum absolute atomic E-state index is 0. The largest absolute Gasteiger partial charge is 0.470 e. The Morgan fingerprint density at radius 1 is 0.676 bits per heavy atom. The second kappa shape index (κ2) is 8.98. The summed E-state index contributed by atoms with van der Waals surface area (Å²) in [5.41, 5.74) is 3.04. The minimum atomic E-state index is -0.505. The molecule has 3 aliphatic rings. The molecule has 2 heterocycles. The number of nitrogens with one attached hydrogen (secondary N) is 1. The van der Waals surface area contributed by atoms with Gasteiger partial charge >= 0.3 is 14.2 Å². The lowest BCUT2D eigenvalue weighted by atomic mass is 9.51. The Bertz CT molecular complexity index is 1180. The van der Waals surface area contributed by atoms with Crippen molar-refractivity contribution in [2.24, 2.45) is 0 Å². The van der Waals surface area contributed by atoms with E-state index in [4.69, 9.17) is 18.6 Å². The fourth-order valence-corrected chi connectivity index (χ4v) is 5.46. The second-order valence-corrected chi connectivity index (χ2v) is 12.3. The number of hydrogen-bond acceptors (Lipinski definition) is 5. The summed E-state index contributed by atoms with van der Waals surface area (Å²) in [6, 6.07) is 14.3. The Morgan fingerprint density at radius 3 is 1.46 bits per heavy atom. The van der Waals surface area contributed by atoms with E-state index in [1.807, 2.05) is 24.3 Å². The predicted octanol–water partition coefficient (Wildman–Crippen LogP) is 5.52. The van der Waals surface area contributed by atoms with E-state index in [1.165, 1.54) is 0 Å². The molecule has 1 N–H and O–H groups in total. The molecule has 2 saturated heterocycles. The van der Waals surface area contributed by atoms with E-state index < -0.39 is 36.6 Å². The number of benzene rings is 2. The molecule has 2 unspecified atom stereocenters. The summed E-state index contributed by atoms with van der Waals surface area (Å²) < 4.78 is 26.3. The van der Waals surface area contributed by atoms with Gasteiger partial charge in [-0.25, -0.2) is 0 Å². The lowest BCUT2D eigenvalue weighted by molar-refractivity contribution is 0.00578. The zero-order valence-electron chi connectivity index (χ0n) is 22.9. The molecule has 0 spiro atoms. The minimum Gasteiger partial charge on any atom is -0.403 e. The summed E-state index contributed by atoms with van der Waals surface area (Å²) >= 11 is 0. The Labute approximate surface area is 223 Å². The Hall–Kier alpha value is -2.12. The highest BCUT2D eigenvalue weighted by atomic mass is 16.7. The van der Waals surface area contributed by atoms with Gasteiger partial charge in [0.15, 0.2) is 0 Å². The van der Waals surface area contributed by atoms with Crippen molar-refractivity contribution in [3.63, 3.8) is 0 Å². The van der Waals surface area contributed by atoms with Crippen LogP contribution < -0.4 is 5.32 Å². The van der Waals surface area contributed by atoms with E-state index >= 15 is 0 Å². The molecule has 0 aromatic heterocycles. The van der Waals surface area contributed by atoms with Gasteiger partial charge in [-0.2, -0.15) is 0 Å². The van der Waals surface area contributed by atoms with E-state index in [0.29, 0.717) is 5.56 Å². The van der Waals surface area contributed by atoms with E-state index in [1.54, 1.807) is 7.05 Å². The van der Waals surface area contributed by atoms with Gasteiger partial charge in [0.05, 0.1) is 22.4 Å². The molecule has 2 fully saturated rings. The van der Waals surface area contributed by atoms with Crippen LogP contribution in [0.5, 0.6) is 0 Å². The average molecular weight is 505 g/mol.